The lowest BCUT2D eigenvalue weighted by molar-refractivity contribution is -0.114. The van der Waals surface area contributed by atoms with Crippen LogP contribution in [0.4, 0.5) is 11.4 Å². The number of benzene rings is 2. The third-order valence-electron chi connectivity index (χ3n) is 3.20. The molecule has 0 radical (unpaired) electrons. The molecule has 2 rings (SSSR count). The van der Waals surface area contributed by atoms with Gasteiger partial charge in [-0.25, -0.2) is 0 Å². The van der Waals surface area contributed by atoms with Gasteiger partial charge in [0.15, 0.2) is 0 Å². The van der Waals surface area contributed by atoms with Crippen molar-refractivity contribution in [1.82, 2.24) is 5.32 Å². The van der Waals surface area contributed by atoms with Crippen LogP contribution in [-0.4, -0.2) is 24.4 Å². The fraction of sp³-hybridized carbons (Fsp3) is 0.222. The fourth-order valence-electron chi connectivity index (χ4n) is 2.09. The number of carbonyl (C=O) groups excluding carboxylic acids is 2. The second-order valence-electron chi connectivity index (χ2n) is 5.73. The molecule has 0 aliphatic rings. The smallest absolute Gasteiger partial charge is 0.251 e. The summed E-state index contributed by atoms with van der Waals surface area (Å²) in [5.74, 6) is -0.435. The zero-order chi connectivity index (χ0) is 18.4. The van der Waals surface area contributed by atoms with Gasteiger partial charge in [0.05, 0.1) is 17.3 Å². The first-order chi connectivity index (χ1) is 11.8. The van der Waals surface area contributed by atoms with Crippen molar-refractivity contribution in [3.63, 3.8) is 0 Å². The van der Waals surface area contributed by atoms with Gasteiger partial charge in [-0.1, -0.05) is 29.3 Å². The number of rotatable bonds is 6. The molecule has 0 aliphatic heterocycles. The maximum absolute atomic E-state index is 12.1. The van der Waals surface area contributed by atoms with Crippen LogP contribution < -0.4 is 16.0 Å². The van der Waals surface area contributed by atoms with E-state index in [0.717, 1.165) is 0 Å². The lowest BCUT2D eigenvalue weighted by Crippen LogP contribution is -2.30. The number of hydrogen-bond acceptors (Lipinski definition) is 3. The Labute approximate surface area is 156 Å². The SMILES string of the molecule is CC(C)NC(=O)c1cccc(NCC(=O)Nc2cc(Cl)ccc2Cl)c1. The van der Waals surface area contributed by atoms with Gasteiger partial charge in [0, 0.05) is 22.3 Å². The molecule has 0 bridgehead atoms. The average molecular weight is 380 g/mol. The number of nitrogens with one attached hydrogen (secondary N) is 3. The lowest BCUT2D eigenvalue weighted by atomic mass is 10.1. The summed E-state index contributed by atoms with van der Waals surface area (Å²) in [7, 11) is 0. The largest absolute Gasteiger partial charge is 0.376 e. The minimum absolute atomic E-state index is 0.0259. The van der Waals surface area contributed by atoms with E-state index < -0.39 is 0 Å². The Balaban J connectivity index is 1.95. The number of hydrogen-bond donors (Lipinski definition) is 3. The van der Waals surface area contributed by atoms with Gasteiger partial charge in [0.25, 0.3) is 5.91 Å². The first kappa shape index (κ1) is 19.1. The molecule has 2 amide bonds. The third kappa shape index (κ3) is 5.96. The highest BCUT2D eigenvalue weighted by atomic mass is 35.5. The predicted molar refractivity (Wildman–Crippen MR) is 103 cm³/mol. The lowest BCUT2D eigenvalue weighted by Gasteiger charge is -2.11. The molecule has 0 aromatic heterocycles. The normalized spacial score (nSPS) is 10.4. The molecule has 0 aliphatic carbocycles. The van der Waals surface area contributed by atoms with Crippen molar-refractivity contribution in [3.8, 4) is 0 Å². The van der Waals surface area contributed by atoms with E-state index in [1.807, 2.05) is 13.8 Å². The van der Waals surface area contributed by atoms with Crippen LogP contribution in [0.5, 0.6) is 0 Å². The van der Waals surface area contributed by atoms with Crippen molar-refractivity contribution in [1.29, 1.82) is 0 Å². The summed E-state index contributed by atoms with van der Waals surface area (Å²) in [4.78, 5) is 24.1. The van der Waals surface area contributed by atoms with Crippen LogP contribution in [0.2, 0.25) is 10.0 Å². The Bertz CT molecular complexity index is 779. The van der Waals surface area contributed by atoms with E-state index in [0.29, 0.717) is 27.0 Å². The Morgan fingerprint density at radius 3 is 2.56 bits per heavy atom. The molecule has 25 heavy (non-hydrogen) atoms. The van der Waals surface area contributed by atoms with Crippen molar-refractivity contribution in [3.05, 3.63) is 58.1 Å². The summed E-state index contributed by atoms with van der Waals surface area (Å²) in [6, 6.07) is 11.8. The van der Waals surface area contributed by atoms with Crippen LogP contribution in [-0.2, 0) is 4.79 Å². The number of anilines is 2. The van der Waals surface area contributed by atoms with E-state index in [-0.39, 0.29) is 24.4 Å². The second kappa shape index (κ2) is 8.74. The van der Waals surface area contributed by atoms with Crippen LogP contribution in [0, 0.1) is 0 Å². The molecule has 7 heteroatoms. The fourth-order valence-corrected chi connectivity index (χ4v) is 2.42. The molecule has 0 spiro atoms. The minimum Gasteiger partial charge on any atom is -0.376 e. The Morgan fingerprint density at radius 2 is 1.84 bits per heavy atom. The average Bonchev–Trinajstić information content (AvgIpc) is 2.56. The minimum atomic E-state index is -0.277. The van der Waals surface area contributed by atoms with Crippen LogP contribution in [0.15, 0.2) is 42.5 Å². The molecule has 0 heterocycles. The summed E-state index contributed by atoms with van der Waals surface area (Å²) in [5.41, 5.74) is 1.65. The first-order valence-electron chi connectivity index (χ1n) is 7.75. The molecule has 2 aromatic carbocycles. The highest BCUT2D eigenvalue weighted by Crippen LogP contribution is 2.25. The Morgan fingerprint density at radius 1 is 1.08 bits per heavy atom. The van der Waals surface area contributed by atoms with Gasteiger partial charge in [0.2, 0.25) is 5.91 Å². The zero-order valence-corrected chi connectivity index (χ0v) is 15.4. The highest BCUT2D eigenvalue weighted by Gasteiger charge is 2.09. The molecule has 2 aromatic rings. The maximum Gasteiger partial charge on any atom is 0.251 e. The van der Waals surface area contributed by atoms with Crippen molar-refractivity contribution < 1.29 is 9.59 Å². The molecular formula is C18H19Cl2N3O2. The number of carbonyl (C=O) groups is 2. The van der Waals surface area contributed by atoms with E-state index in [1.165, 1.54) is 0 Å². The molecule has 5 nitrogen and oxygen atoms in total. The standard InChI is InChI=1S/C18H19Cl2N3O2/c1-11(2)22-18(25)12-4-3-5-14(8-12)21-10-17(24)23-16-9-13(19)6-7-15(16)20/h3-9,11,21H,10H2,1-2H3,(H,22,25)(H,23,24). The quantitative estimate of drug-likeness (QED) is 0.704. The number of amides is 2. The van der Waals surface area contributed by atoms with E-state index in [2.05, 4.69) is 16.0 Å². The van der Waals surface area contributed by atoms with Crippen LogP contribution in [0.3, 0.4) is 0 Å². The van der Waals surface area contributed by atoms with E-state index in [1.54, 1.807) is 42.5 Å². The van der Waals surface area contributed by atoms with Gasteiger partial charge in [-0.15, -0.1) is 0 Å². The van der Waals surface area contributed by atoms with Crippen molar-refractivity contribution in [2.75, 3.05) is 17.2 Å². The third-order valence-corrected chi connectivity index (χ3v) is 3.76. The maximum atomic E-state index is 12.1. The van der Waals surface area contributed by atoms with Crippen LogP contribution in [0.25, 0.3) is 0 Å². The van der Waals surface area contributed by atoms with Crippen molar-refractivity contribution in [2.45, 2.75) is 19.9 Å². The molecule has 132 valence electrons. The molecule has 3 N–H and O–H groups in total. The highest BCUT2D eigenvalue weighted by molar-refractivity contribution is 6.35. The van der Waals surface area contributed by atoms with E-state index >= 15 is 0 Å². The predicted octanol–water partition coefficient (Wildman–Crippen LogP) is 4.18. The second-order valence-corrected chi connectivity index (χ2v) is 6.58. The number of halogens is 2. The van der Waals surface area contributed by atoms with Crippen molar-refractivity contribution in [2.24, 2.45) is 0 Å². The van der Waals surface area contributed by atoms with Gasteiger partial charge in [0.1, 0.15) is 0 Å². The van der Waals surface area contributed by atoms with Gasteiger partial charge in [-0.2, -0.15) is 0 Å². The first-order valence-corrected chi connectivity index (χ1v) is 8.50. The molecule has 0 atom stereocenters. The van der Waals surface area contributed by atoms with Gasteiger partial charge in [-0.3, -0.25) is 9.59 Å². The summed E-state index contributed by atoms with van der Waals surface area (Å²) >= 11 is 11.9. The Hall–Kier alpha value is -2.24. The summed E-state index contributed by atoms with van der Waals surface area (Å²) in [6.07, 6.45) is 0. The molecule has 0 saturated carbocycles. The topological polar surface area (TPSA) is 70.2 Å². The summed E-state index contributed by atoms with van der Waals surface area (Å²) in [5, 5.41) is 9.38. The van der Waals surface area contributed by atoms with Gasteiger partial charge >= 0.3 is 0 Å². The molecular weight excluding hydrogens is 361 g/mol. The van der Waals surface area contributed by atoms with E-state index in [4.69, 9.17) is 23.2 Å². The molecule has 0 saturated heterocycles. The van der Waals surface area contributed by atoms with Crippen molar-refractivity contribution >= 4 is 46.4 Å². The van der Waals surface area contributed by atoms with Crippen LogP contribution in [0.1, 0.15) is 24.2 Å². The zero-order valence-electron chi connectivity index (χ0n) is 13.9. The van der Waals surface area contributed by atoms with Gasteiger partial charge in [-0.05, 0) is 50.2 Å². The van der Waals surface area contributed by atoms with Crippen LogP contribution >= 0.6 is 23.2 Å². The summed E-state index contributed by atoms with van der Waals surface area (Å²) < 4.78 is 0. The molecule has 0 unspecified atom stereocenters. The van der Waals surface area contributed by atoms with Gasteiger partial charge < -0.3 is 16.0 Å². The van der Waals surface area contributed by atoms with E-state index in [9.17, 15) is 9.59 Å². The monoisotopic (exact) mass is 379 g/mol. The summed E-state index contributed by atoms with van der Waals surface area (Å²) in [6.45, 7) is 3.81. The molecule has 0 fully saturated rings. The Kier molecular flexibility index (Phi) is 6.67.